The molecule has 1 aromatic rings. The van der Waals surface area contributed by atoms with Gasteiger partial charge in [-0.1, -0.05) is 0 Å². The first-order valence-corrected chi connectivity index (χ1v) is 12.7. The molecule has 6 atom stereocenters. The number of likely N-dealkylation sites (N-methyl/N-ethyl adjacent to an activating group) is 1. The molecule has 1 aromatic carbocycles. The topological polar surface area (TPSA) is 201 Å². The first-order valence-electron chi connectivity index (χ1n) is 10.8. The van der Waals surface area contributed by atoms with Gasteiger partial charge in [-0.15, -0.1) is 0 Å². The molecule has 35 heavy (non-hydrogen) atoms. The van der Waals surface area contributed by atoms with Gasteiger partial charge < -0.3 is 15.9 Å². The number of aliphatic hydroxyl groups is 1. The molecule has 13 heteroatoms. The predicted molar refractivity (Wildman–Crippen MR) is 120 cm³/mol. The van der Waals surface area contributed by atoms with Crippen molar-refractivity contribution in [3.63, 3.8) is 0 Å². The maximum absolute atomic E-state index is 13.6. The normalized spacial score (nSPS) is 32.7. The number of aromatic hydroxyl groups is 1. The van der Waals surface area contributed by atoms with Crippen molar-refractivity contribution in [3.8, 4) is 5.75 Å². The number of Topliss-reactive ketones (excluding diaryl/α,β-unsaturated/α-hetero) is 4. The summed E-state index contributed by atoms with van der Waals surface area (Å²) in [5, 5.41) is 21.9. The first kappa shape index (κ1) is 24.9. The van der Waals surface area contributed by atoms with Gasteiger partial charge in [-0.3, -0.25) is 33.6 Å². The molecule has 188 valence electrons. The van der Waals surface area contributed by atoms with Crippen molar-refractivity contribution in [2.45, 2.75) is 24.5 Å². The minimum absolute atomic E-state index is 0.0436. The number of anilines is 1. The summed E-state index contributed by atoms with van der Waals surface area (Å²) < 4.78 is 26.0. The van der Waals surface area contributed by atoms with Gasteiger partial charge in [-0.25, -0.2) is 8.42 Å². The summed E-state index contributed by atoms with van der Waals surface area (Å²) in [5.41, 5.74) is 2.39. The van der Waals surface area contributed by atoms with E-state index >= 15 is 0 Å². The first-order chi connectivity index (χ1) is 16.1. The largest absolute Gasteiger partial charge is 0.507 e. The molecule has 0 radical (unpaired) electrons. The van der Waals surface area contributed by atoms with E-state index in [-0.39, 0.29) is 29.7 Å². The zero-order chi connectivity index (χ0) is 26.2. The molecule has 4 rings (SSSR count). The number of carbonyl (C=O) groups is 5. The SMILES string of the molecule is CN(C)[C@H]1C(=O)C(C(N)=O)C(=O)[C@]2(O)C(=O)C3C(=O)c4c(O)ccc(NS(C)(=O)=O)c4C[C@@H]3C[C@H]12. The number of sulfonamides is 1. The van der Waals surface area contributed by atoms with Gasteiger partial charge in [-0.05, 0) is 50.6 Å². The number of benzene rings is 1. The molecule has 3 aliphatic rings. The molecule has 0 aliphatic heterocycles. The average Bonchev–Trinajstić information content (AvgIpc) is 2.71. The fourth-order valence-corrected chi connectivity index (χ4v) is 6.49. The van der Waals surface area contributed by atoms with Gasteiger partial charge in [-0.2, -0.15) is 0 Å². The van der Waals surface area contributed by atoms with Gasteiger partial charge >= 0.3 is 0 Å². The molecule has 0 spiro atoms. The summed E-state index contributed by atoms with van der Waals surface area (Å²) in [6, 6.07) is 1.18. The molecule has 0 heterocycles. The van der Waals surface area contributed by atoms with E-state index in [0.717, 1.165) is 12.3 Å². The Labute approximate surface area is 200 Å². The van der Waals surface area contributed by atoms with Crippen LogP contribution in [0.15, 0.2) is 12.1 Å². The summed E-state index contributed by atoms with van der Waals surface area (Å²) in [7, 11) is -0.774. The number of nitrogens with one attached hydrogen (secondary N) is 1. The van der Waals surface area contributed by atoms with Crippen LogP contribution in [-0.4, -0.2) is 84.6 Å². The van der Waals surface area contributed by atoms with Crippen LogP contribution in [0.4, 0.5) is 5.69 Å². The molecular weight excluding hydrogens is 482 g/mol. The number of phenols is 1. The number of fused-ring (bicyclic) bond motifs is 3. The van der Waals surface area contributed by atoms with Crippen molar-refractivity contribution in [2.75, 3.05) is 25.1 Å². The van der Waals surface area contributed by atoms with E-state index in [0.29, 0.717) is 0 Å². The second kappa shape index (κ2) is 7.93. The minimum atomic E-state index is -3.75. The Morgan fingerprint density at radius 2 is 1.80 bits per heavy atom. The lowest BCUT2D eigenvalue weighted by molar-refractivity contribution is -0.181. The molecule has 0 saturated heterocycles. The van der Waals surface area contributed by atoms with Gasteiger partial charge in [0.15, 0.2) is 34.7 Å². The molecule has 0 bridgehead atoms. The van der Waals surface area contributed by atoms with Crippen LogP contribution in [0.1, 0.15) is 22.3 Å². The fraction of sp³-hybridized carbons (Fsp3) is 0.500. The van der Waals surface area contributed by atoms with Gasteiger partial charge in [0.05, 0.1) is 29.5 Å². The Kier molecular flexibility index (Phi) is 5.65. The summed E-state index contributed by atoms with van der Waals surface area (Å²) in [4.78, 5) is 66.7. The number of ketones is 4. The lowest BCUT2D eigenvalue weighted by Crippen LogP contribution is -2.74. The third kappa shape index (κ3) is 3.56. The fourth-order valence-electron chi connectivity index (χ4n) is 5.90. The molecule has 2 unspecified atom stereocenters. The molecule has 1 amide bonds. The molecule has 5 N–H and O–H groups in total. The summed E-state index contributed by atoms with van der Waals surface area (Å²) in [6.45, 7) is 0. The number of amides is 1. The molecule has 2 fully saturated rings. The maximum atomic E-state index is 13.6. The van der Waals surface area contributed by atoms with Crippen LogP contribution in [0.3, 0.4) is 0 Å². The van der Waals surface area contributed by atoms with Crippen molar-refractivity contribution < 1.29 is 42.6 Å². The van der Waals surface area contributed by atoms with Crippen molar-refractivity contribution in [1.82, 2.24) is 4.90 Å². The number of nitrogens with zero attached hydrogens (tertiary/aromatic N) is 1. The van der Waals surface area contributed by atoms with Crippen LogP contribution in [0.5, 0.6) is 5.75 Å². The van der Waals surface area contributed by atoms with E-state index in [4.69, 9.17) is 5.73 Å². The van der Waals surface area contributed by atoms with Crippen LogP contribution in [-0.2, 0) is 35.6 Å². The average molecular weight is 508 g/mol. The highest BCUT2D eigenvalue weighted by Gasteiger charge is 2.69. The third-order valence-electron chi connectivity index (χ3n) is 7.24. The zero-order valence-corrected chi connectivity index (χ0v) is 20.0. The number of phenolic OH excluding ortho intramolecular Hbond substituents is 1. The monoisotopic (exact) mass is 507 g/mol. The summed E-state index contributed by atoms with van der Waals surface area (Å²) in [6.07, 6.45) is 0.746. The second-order valence-corrected chi connectivity index (χ2v) is 11.4. The third-order valence-corrected chi connectivity index (χ3v) is 7.83. The quantitative estimate of drug-likeness (QED) is 0.267. The Morgan fingerprint density at radius 1 is 1.17 bits per heavy atom. The highest BCUT2D eigenvalue weighted by atomic mass is 32.2. The van der Waals surface area contributed by atoms with Gasteiger partial charge in [0.1, 0.15) is 5.75 Å². The van der Waals surface area contributed by atoms with E-state index in [9.17, 15) is 42.6 Å². The summed E-state index contributed by atoms with van der Waals surface area (Å²) >= 11 is 0. The zero-order valence-electron chi connectivity index (χ0n) is 19.1. The van der Waals surface area contributed by atoms with Crippen molar-refractivity contribution in [2.24, 2.45) is 29.4 Å². The van der Waals surface area contributed by atoms with Crippen LogP contribution >= 0.6 is 0 Å². The van der Waals surface area contributed by atoms with E-state index in [2.05, 4.69) is 4.72 Å². The highest BCUT2D eigenvalue weighted by molar-refractivity contribution is 7.92. The van der Waals surface area contributed by atoms with Crippen LogP contribution < -0.4 is 10.5 Å². The number of rotatable bonds is 4. The summed E-state index contributed by atoms with van der Waals surface area (Å²) in [5.74, 6) is -11.7. The molecule has 0 aromatic heterocycles. The number of nitrogens with two attached hydrogens (primary N) is 1. The molecule has 3 aliphatic carbocycles. The Morgan fingerprint density at radius 3 is 2.34 bits per heavy atom. The maximum Gasteiger partial charge on any atom is 0.235 e. The predicted octanol–water partition coefficient (Wildman–Crippen LogP) is -1.76. The number of hydrogen-bond donors (Lipinski definition) is 4. The molecule has 12 nitrogen and oxygen atoms in total. The lowest BCUT2D eigenvalue weighted by atomic mass is 9.52. The van der Waals surface area contributed by atoms with Crippen LogP contribution in [0.2, 0.25) is 0 Å². The molecule has 2 saturated carbocycles. The van der Waals surface area contributed by atoms with Gasteiger partial charge in [0, 0.05) is 5.92 Å². The Balaban J connectivity index is 1.88. The number of primary amides is 1. The second-order valence-electron chi connectivity index (χ2n) is 9.65. The minimum Gasteiger partial charge on any atom is -0.507 e. The van der Waals surface area contributed by atoms with Gasteiger partial charge in [0.25, 0.3) is 0 Å². The lowest BCUT2D eigenvalue weighted by Gasteiger charge is -2.52. The smallest absolute Gasteiger partial charge is 0.235 e. The Hall–Kier alpha value is -3.16. The standard InChI is InChI=1S/C22H25N3O9S/c1-25(2)16-10-7-8-6-9-11(24-35(3,33)34)4-5-12(26)14(9)17(27)13(8)19(29)22(10,32)20(30)15(18(16)28)21(23)31/h4-5,8,10,13,15-16,24,26,32H,6-7H2,1-3H3,(H2,23,31)/t8-,10-,13?,15?,16-,22-/m1/s1. The van der Waals surface area contributed by atoms with Gasteiger partial charge in [0.2, 0.25) is 15.9 Å². The van der Waals surface area contributed by atoms with Crippen LogP contribution in [0, 0.1) is 23.7 Å². The van der Waals surface area contributed by atoms with E-state index in [1.807, 2.05) is 0 Å². The van der Waals surface area contributed by atoms with E-state index in [1.165, 1.54) is 25.1 Å². The Bertz CT molecular complexity index is 1310. The van der Waals surface area contributed by atoms with Crippen molar-refractivity contribution in [1.29, 1.82) is 0 Å². The van der Waals surface area contributed by atoms with Crippen LogP contribution in [0.25, 0.3) is 0 Å². The molecular formula is C22H25N3O9S. The van der Waals surface area contributed by atoms with E-state index < -0.39 is 80.1 Å². The van der Waals surface area contributed by atoms with Crippen molar-refractivity contribution in [3.05, 3.63) is 23.3 Å². The van der Waals surface area contributed by atoms with E-state index in [1.54, 1.807) is 0 Å². The highest BCUT2D eigenvalue weighted by Crippen LogP contribution is 2.51. The number of hydrogen-bond acceptors (Lipinski definition) is 10. The van der Waals surface area contributed by atoms with Crippen molar-refractivity contribution >= 4 is 44.8 Å². The number of carbonyl (C=O) groups excluding carboxylic acids is 5.